The van der Waals surface area contributed by atoms with Gasteiger partial charge >= 0.3 is 0 Å². The lowest BCUT2D eigenvalue weighted by Crippen LogP contribution is -2.49. The average Bonchev–Trinajstić information content (AvgIpc) is 2.62. The summed E-state index contributed by atoms with van der Waals surface area (Å²) in [7, 11) is -3.56. The minimum Gasteiger partial charge on any atom is -0.328 e. The van der Waals surface area contributed by atoms with Crippen molar-refractivity contribution in [2.24, 2.45) is 5.73 Å². The first kappa shape index (κ1) is 14.6. The van der Waals surface area contributed by atoms with Gasteiger partial charge in [-0.1, -0.05) is 23.2 Å². The average molecular weight is 335 g/mol. The number of rotatable bonds is 2. The van der Waals surface area contributed by atoms with Crippen LogP contribution in [-0.4, -0.2) is 30.8 Å². The highest BCUT2D eigenvalue weighted by atomic mass is 35.5. The van der Waals surface area contributed by atoms with Crippen molar-refractivity contribution in [3.8, 4) is 0 Å². The molecule has 0 radical (unpaired) electrons. The molecule has 0 amide bonds. The Balaban J connectivity index is 2.00. The van der Waals surface area contributed by atoms with E-state index in [0.717, 1.165) is 25.7 Å². The van der Waals surface area contributed by atoms with E-state index in [9.17, 15) is 8.42 Å². The second-order valence-electron chi connectivity index (χ2n) is 5.56. The molecule has 0 saturated carbocycles. The molecule has 7 heteroatoms. The van der Waals surface area contributed by atoms with Crippen molar-refractivity contribution in [1.29, 1.82) is 0 Å². The Bertz CT molecular complexity index is 601. The second-order valence-corrected chi connectivity index (χ2v) is 8.27. The van der Waals surface area contributed by atoms with Crippen molar-refractivity contribution in [3.05, 3.63) is 28.2 Å². The monoisotopic (exact) mass is 334 g/mol. The maximum Gasteiger partial charge on any atom is 0.243 e. The molecular formula is C13H16Cl2N2O2S. The minimum atomic E-state index is -3.56. The second kappa shape index (κ2) is 5.14. The van der Waals surface area contributed by atoms with E-state index in [4.69, 9.17) is 28.9 Å². The molecule has 2 heterocycles. The molecule has 2 aliphatic heterocycles. The molecule has 2 atom stereocenters. The standard InChI is InChI=1S/C13H16Cl2N2O2S/c14-8-3-9(15)5-13(4-8)20(18,19)17-11-1-2-12(17)7-10(16)6-11/h3-5,10-12H,1-2,6-7,16H2. The quantitative estimate of drug-likeness (QED) is 0.904. The molecule has 0 aliphatic carbocycles. The third-order valence-corrected chi connectivity index (χ3v) is 6.53. The van der Waals surface area contributed by atoms with Crippen LogP contribution < -0.4 is 5.73 Å². The Labute approximate surface area is 128 Å². The fourth-order valence-electron chi connectivity index (χ4n) is 3.37. The highest BCUT2D eigenvalue weighted by Gasteiger charge is 2.46. The van der Waals surface area contributed by atoms with Gasteiger partial charge in [-0.3, -0.25) is 0 Å². The van der Waals surface area contributed by atoms with Crippen LogP contribution in [0.25, 0.3) is 0 Å². The minimum absolute atomic E-state index is 0.00603. The maximum atomic E-state index is 12.8. The van der Waals surface area contributed by atoms with E-state index in [1.54, 1.807) is 4.31 Å². The first-order valence-electron chi connectivity index (χ1n) is 6.63. The summed E-state index contributed by atoms with van der Waals surface area (Å²) in [6, 6.07) is 4.55. The van der Waals surface area contributed by atoms with Crippen LogP contribution in [0.2, 0.25) is 10.0 Å². The molecule has 0 aromatic heterocycles. The molecule has 4 nitrogen and oxygen atoms in total. The van der Waals surface area contributed by atoms with Gasteiger partial charge in [0, 0.05) is 28.2 Å². The fraction of sp³-hybridized carbons (Fsp3) is 0.538. The lowest BCUT2D eigenvalue weighted by Gasteiger charge is -2.36. The van der Waals surface area contributed by atoms with Crippen LogP contribution in [0.3, 0.4) is 0 Å². The summed E-state index contributed by atoms with van der Waals surface area (Å²) in [5.74, 6) is 0. The maximum absolute atomic E-state index is 12.8. The molecule has 2 bridgehead atoms. The molecule has 110 valence electrons. The van der Waals surface area contributed by atoms with Gasteiger partial charge in [0.25, 0.3) is 0 Å². The number of hydrogen-bond acceptors (Lipinski definition) is 3. The lowest BCUT2D eigenvalue weighted by molar-refractivity contribution is 0.227. The van der Waals surface area contributed by atoms with E-state index in [-0.39, 0.29) is 23.0 Å². The Kier molecular flexibility index (Phi) is 3.75. The molecule has 2 saturated heterocycles. The summed E-state index contributed by atoms with van der Waals surface area (Å²) in [4.78, 5) is 0.169. The molecule has 2 N–H and O–H groups in total. The van der Waals surface area contributed by atoms with Gasteiger partial charge in [0.05, 0.1) is 4.90 Å². The SMILES string of the molecule is NC1CC2CCC(C1)N2S(=O)(=O)c1cc(Cl)cc(Cl)c1. The molecule has 2 fully saturated rings. The summed E-state index contributed by atoms with van der Waals surface area (Å²) < 4.78 is 27.3. The topological polar surface area (TPSA) is 63.4 Å². The van der Waals surface area contributed by atoms with Crippen LogP contribution in [-0.2, 0) is 10.0 Å². The molecule has 2 aliphatic rings. The summed E-state index contributed by atoms with van der Waals surface area (Å²) in [5, 5.41) is 0.661. The first-order chi connectivity index (χ1) is 9.38. The Morgan fingerprint density at radius 2 is 1.55 bits per heavy atom. The van der Waals surface area contributed by atoms with Crippen molar-refractivity contribution in [3.63, 3.8) is 0 Å². The van der Waals surface area contributed by atoms with E-state index >= 15 is 0 Å². The predicted octanol–water partition coefficient (Wildman–Crippen LogP) is 2.64. The van der Waals surface area contributed by atoms with Crippen LogP contribution in [0, 0.1) is 0 Å². The molecular weight excluding hydrogens is 319 g/mol. The van der Waals surface area contributed by atoms with Crippen LogP contribution >= 0.6 is 23.2 Å². The highest BCUT2D eigenvalue weighted by molar-refractivity contribution is 7.89. The molecule has 3 rings (SSSR count). The molecule has 0 spiro atoms. The van der Waals surface area contributed by atoms with Gasteiger partial charge in [-0.05, 0) is 43.9 Å². The van der Waals surface area contributed by atoms with Crippen molar-refractivity contribution in [2.45, 2.75) is 48.7 Å². The number of nitrogens with zero attached hydrogens (tertiary/aromatic N) is 1. The van der Waals surface area contributed by atoms with Crippen molar-refractivity contribution in [2.75, 3.05) is 0 Å². The zero-order chi connectivity index (χ0) is 14.5. The number of hydrogen-bond donors (Lipinski definition) is 1. The third kappa shape index (κ3) is 2.46. The van der Waals surface area contributed by atoms with Crippen molar-refractivity contribution < 1.29 is 8.42 Å². The van der Waals surface area contributed by atoms with E-state index in [0.29, 0.717) is 10.0 Å². The van der Waals surface area contributed by atoms with Gasteiger partial charge in [-0.15, -0.1) is 0 Å². The normalized spacial score (nSPS) is 30.6. The summed E-state index contributed by atoms with van der Waals surface area (Å²) in [5.41, 5.74) is 5.98. The Morgan fingerprint density at radius 3 is 2.05 bits per heavy atom. The van der Waals surface area contributed by atoms with Crippen LogP contribution in [0.4, 0.5) is 0 Å². The number of piperidine rings is 1. The molecule has 20 heavy (non-hydrogen) atoms. The number of halogens is 2. The molecule has 1 aromatic rings. The van der Waals surface area contributed by atoms with Gasteiger partial charge < -0.3 is 5.73 Å². The highest BCUT2D eigenvalue weighted by Crippen LogP contribution is 2.39. The fourth-order valence-corrected chi connectivity index (χ4v) is 5.99. The molecule has 1 aromatic carbocycles. The van der Waals surface area contributed by atoms with Crippen molar-refractivity contribution in [1.82, 2.24) is 4.31 Å². The van der Waals surface area contributed by atoms with Gasteiger partial charge in [-0.2, -0.15) is 4.31 Å². The molecule has 2 unspecified atom stereocenters. The van der Waals surface area contributed by atoms with Crippen LogP contribution in [0.5, 0.6) is 0 Å². The van der Waals surface area contributed by atoms with Gasteiger partial charge in [0.2, 0.25) is 10.0 Å². The van der Waals surface area contributed by atoms with Gasteiger partial charge in [0.1, 0.15) is 0 Å². The third-order valence-electron chi connectivity index (χ3n) is 4.11. The van der Waals surface area contributed by atoms with E-state index < -0.39 is 10.0 Å². The first-order valence-corrected chi connectivity index (χ1v) is 8.83. The number of benzene rings is 1. The van der Waals surface area contributed by atoms with E-state index in [1.165, 1.54) is 18.2 Å². The lowest BCUT2D eigenvalue weighted by atomic mass is 10.0. The zero-order valence-corrected chi connectivity index (χ0v) is 13.1. The summed E-state index contributed by atoms with van der Waals surface area (Å²) in [6.45, 7) is 0. The Morgan fingerprint density at radius 1 is 1.05 bits per heavy atom. The smallest absolute Gasteiger partial charge is 0.243 e. The largest absolute Gasteiger partial charge is 0.328 e. The van der Waals surface area contributed by atoms with Crippen LogP contribution in [0.1, 0.15) is 25.7 Å². The van der Waals surface area contributed by atoms with Gasteiger partial charge in [-0.25, -0.2) is 8.42 Å². The van der Waals surface area contributed by atoms with E-state index in [2.05, 4.69) is 0 Å². The Hall–Kier alpha value is -0.330. The predicted molar refractivity (Wildman–Crippen MR) is 79.5 cm³/mol. The number of fused-ring (bicyclic) bond motifs is 2. The van der Waals surface area contributed by atoms with Gasteiger partial charge in [0.15, 0.2) is 0 Å². The summed E-state index contributed by atoms with van der Waals surface area (Å²) >= 11 is 11.8. The number of nitrogens with two attached hydrogens (primary N) is 1. The van der Waals surface area contributed by atoms with Crippen molar-refractivity contribution >= 4 is 33.2 Å². The summed E-state index contributed by atoms with van der Waals surface area (Å²) in [6.07, 6.45) is 3.21. The number of sulfonamides is 1. The van der Waals surface area contributed by atoms with E-state index in [1.807, 2.05) is 0 Å². The van der Waals surface area contributed by atoms with Crippen LogP contribution in [0.15, 0.2) is 23.1 Å². The zero-order valence-electron chi connectivity index (χ0n) is 10.8.